The second-order valence-corrected chi connectivity index (χ2v) is 7.15. The van der Waals surface area contributed by atoms with E-state index in [4.69, 9.17) is 25.8 Å². The van der Waals surface area contributed by atoms with Gasteiger partial charge in [0, 0.05) is 19.3 Å². The summed E-state index contributed by atoms with van der Waals surface area (Å²) in [7, 11) is 0. The Kier molecular flexibility index (Phi) is 5.78. The average Bonchev–Trinajstić information content (AvgIpc) is 3.54. The second-order valence-electron chi connectivity index (χ2n) is 6.75. The molecule has 4 rings (SSSR count). The summed E-state index contributed by atoms with van der Waals surface area (Å²) in [5, 5.41) is 4.62. The van der Waals surface area contributed by atoms with E-state index in [9.17, 15) is 4.79 Å². The number of epoxide rings is 1. The summed E-state index contributed by atoms with van der Waals surface area (Å²) in [6.45, 7) is 1.92. The van der Waals surface area contributed by atoms with Crippen LogP contribution >= 0.6 is 11.6 Å². The third-order valence-corrected chi connectivity index (χ3v) is 4.87. The molecule has 0 unspecified atom stereocenters. The van der Waals surface area contributed by atoms with Crippen LogP contribution in [0.4, 0.5) is 0 Å². The molecular weight excluding hydrogens is 380 g/mol. The monoisotopic (exact) mass is 400 g/mol. The normalized spacial score (nSPS) is 18.2. The molecule has 1 atom stereocenters. The minimum Gasteiger partial charge on any atom is -0.492 e. The predicted molar refractivity (Wildman–Crippen MR) is 106 cm³/mol. The minimum atomic E-state index is -0.0636. The van der Waals surface area contributed by atoms with E-state index in [0.29, 0.717) is 36.8 Å². The first-order valence-electron chi connectivity index (χ1n) is 9.29. The third-order valence-electron chi connectivity index (χ3n) is 4.58. The molecule has 1 N–H and O–H groups in total. The summed E-state index contributed by atoms with van der Waals surface area (Å²) in [6, 6.07) is 13.6. The van der Waals surface area contributed by atoms with Gasteiger partial charge in [0.2, 0.25) is 5.91 Å². The summed E-state index contributed by atoms with van der Waals surface area (Å²) in [5.41, 5.74) is 5.37. The van der Waals surface area contributed by atoms with Gasteiger partial charge in [-0.15, -0.1) is 0 Å². The molecule has 2 aromatic rings. The molecule has 2 aliphatic rings. The van der Waals surface area contributed by atoms with E-state index >= 15 is 0 Å². The number of hydrazone groups is 1. The van der Waals surface area contributed by atoms with Crippen molar-refractivity contribution in [2.45, 2.75) is 25.4 Å². The molecular formula is C21H21ClN2O4. The molecule has 7 heteroatoms. The Bertz CT molecular complexity index is 878. The lowest BCUT2D eigenvalue weighted by Crippen LogP contribution is -2.25. The van der Waals surface area contributed by atoms with Gasteiger partial charge in [-0.05, 0) is 41.5 Å². The lowest BCUT2D eigenvalue weighted by molar-refractivity contribution is -0.121. The van der Waals surface area contributed by atoms with Crippen molar-refractivity contribution < 1.29 is 19.0 Å². The van der Waals surface area contributed by atoms with Crippen molar-refractivity contribution >= 4 is 23.2 Å². The summed E-state index contributed by atoms with van der Waals surface area (Å²) < 4.78 is 16.6. The molecule has 146 valence electrons. The topological polar surface area (TPSA) is 72.5 Å². The molecule has 2 heterocycles. The number of amides is 1. The number of nitrogens with zero attached hydrogens (tertiary/aromatic N) is 1. The molecule has 2 aliphatic heterocycles. The molecule has 2 aromatic carbocycles. The van der Waals surface area contributed by atoms with Gasteiger partial charge < -0.3 is 14.2 Å². The molecule has 0 spiro atoms. The van der Waals surface area contributed by atoms with Crippen molar-refractivity contribution in [3.63, 3.8) is 0 Å². The van der Waals surface area contributed by atoms with Gasteiger partial charge in [-0.1, -0.05) is 23.7 Å². The van der Waals surface area contributed by atoms with Crippen LogP contribution in [0.2, 0.25) is 5.02 Å². The lowest BCUT2D eigenvalue weighted by atomic mass is 10.0. The van der Waals surface area contributed by atoms with Crippen molar-refractivity contribution in [3.05, 3.63) is 58.6 Å². The van der Waals surface area contributed by atoms with Gasteiger partial charge in [-0.3, -0.25) is 4.79 Å². The van der Waals surface area contributed by atoms with Gasteiger partial charge in [0.05, 0.1) is 23.9 Å². The first-order chi connectivity index (χ1) is 13.7. The number of halogens is 1. The zero-order chi connectivity index (χ0) is 19.3. The second kappa shape index (κ2) is 8.63. The van der Waals surface area contributed by atoms with Crippen LogP contribution < -0.4 is 14.9 Å². The summed E-state index contributed by atoms with van der Waals surface area (Å²) in [6.07, 6.45) is 2.07. The lowest BCUT2D eigenvalue weighted by Gasteiger charge is -2.14. The molecule has 1 amide bonds. The highest BCUT2D eigenvalue weighted by Crippen LogP contribution is 2.27. The summed E-state index contributed by atoms with van der Waals surface area (Å²) in [5.74, 6) is 1.42. The van der Waals surface area contributed by atoms with E-state index in [2.05, 4.69) is 10.5 Å². The average molecular weight is 401 g/mol. The van der Waals surface area contributed by atoms with Gasteiger partial charge in [-0.25, -0.2) is 5.43 Å². The number of ether oxygens (including phenoxy) is 3. The number of rotatable bonds is 8. The van der Waals surface area contributed by atoms with Gasteiger partial charge in [0.15, 0.2) is 0 Å². The van der Waals surface area contributed by atoms with Crippen molar-refractivity contribution in [2.75, 3.05) is 19.8 Å². The molecule has 0 aromatic heterocycles. The number of nitrogens with one attached hydrogen (secondary N) is 1. The largest absolute Gasteiger partial charge is 0.492 e. The quantitative estimate of drug-likeness (QED) is 0.690. The van der Waals surface area contributed by atoms with Crippen LogP contribution in [0.15, 0.2) is 47.6 Å². The highest BCUT2D eigenvalue weighted by molar-refractivity contribution is 6.32. The van der Waals surface area contributed by atoms with Crippen LogP contribution in [0.1, 0.15) is 24.0 Å². The van der Waals surface area contributed by atoms with E-state index in [1.807, 2.05) is 42.5 Å². The maximum atomic E-state index is 11.2. The zero-order valence-corrected chi connectivity index (χ0v) is 16.1. The molecule has 6 nitrogen and oxygen atoms in total. The van der Waals surface area contributed by atoms with E-state index < -0.39 is 0 Å². The molecule has 0 bridgehead atoms. The smallest absolute Gasteiger partial charge is 0.240 e. The van der Waals surface area contributed by atoms with Gasteiger partial charge in [0.1, 0.15) is 24.2 Å². The third kappa shape index (κ3) is 5.03. The van der Waals surface area contributed by atoms with Crippen molar-refractivity contribution in [2.24, 2.45) is 5.10 Å². The highest BCUT2D eigenvalue weighted by atomic mass is 35.5. The molecule has 0 aliphatic carbocycles. The van der Waals surface area contributed by atoms with Crippen LogP contribution in [-0.2, 0) is 16.0 Å². The zero-order valence-electron chi connectivity index (χ0n) is 15.3. The number of hydrogen-bond donors (Lipinski definition) is 1. The number of benzene rings is 2. The summed E-state index contributed by atoms with van der Waals surface area (Å²) in [4.78, 5) is 11.2. The predicted octanol–water partition coefficient (Wildman–Crippen LogP) is 3.35. The van der Waals surface area contributed by atoms with E-state index in [1.54, 1.807) is 0 Å². The van der Waals surface area contributed by atoms with E-state index in [-0.39, 0.29) is 12.0 Å². The molecule has 1 saturated heterocycles. The Morgan fingerprint density at radius 3 is 2.64 bits per heavy atom. The minimum absolute atomic E-state index is 0.0636. The van der Waals surface area contributed by atoms with Gasteiger partial charge in [0.25, 0.3) is 0 Å². The van der Waals surface area contributed by atoms with Crippen molar-refractivity contribution in [1.29, 1.82) is 0 Å². The fourth-order valence-corrected chi connectivity index (χ4v) is 3.10. The van der Waals surface area contributed by atoms with Crippen LogP contribution in [0.25, 0.3) is 0 Å². The van der Waals surface area contributed by atoms with E-state index in [1.165, 1.54) is 0 Å². The number of hydrogen-bond acceptors (Lipinski definition) is 5. The Balaban J connectivity index is 1.28. The first kappa shape index (κ1) is 18.8. The van der Waals surface area contributed by atoms with E-state index in [0.717, 1.165) is 35.6 Å². The number of carbonyl (C=O) groups excluding carboxylic acids is 1. The Hall–Kier alpha value is -2.57. The van der Waals surface area contributed by atoms with Crippen molar-refractivity contribution in [3.8, 4) is 11.5 Å². The molecule has 0 radical (unpaired) electrons. The standard InChI is InChI=1S/C21H21ClN2O4/c22-18-11-15(19-6-8-21(25)24-23-19)3-7-20(18)26-10-9-14-1-4-16(5-2-14)27-12-17-13-28-17/h1-5,7,11,17H,6,8-10,12-13H2,(H,24,25)/t17-/m1/s1. The highest BCUT2D eigenvalue weighted by Gasteiger charge is 2.23. The first-order valence-corrected chi connectivity index (χ1v) is 9.66. The Morgan fingerprint density at radius 2 is 1.96 bits per heavy atom. The number of carbonyl (C=O) groups is 1. The van der Waals surface area contributed by atoms with Crippen LogP contribution in [0.5, 0.6) is 11.5 Å². The van der Waals surface area contributed by atoms with Crippen molar-refractivity contribution in [1.82, 2.24) is 5.43 Å². The van der Waals surface area contributed by atoms with Gasteiger partial charge >= 0.3 is 0 Å². The maximum Gasteiger partial charge on any atom is 0.240 e. The van der Waals surface area contributed by atoms with Gasteiger partial charge in [-0.2, -0.15) is 5.10 Å². The molecule has 0 saturated carbocycles. The maximum absolute atomic E-state index is 11.2. The Morgan fingerprint density at radius 1 is 1.14 bits per heavy atom. The Labute approximate surface area is 168 Å². The van der Waals surface area contributed by atoms with Crippen LogP contribution in [0, 0.1) is 0 Å². The summed E-state index contributed by atoms with van der Waals surface area (Å²) >= 11 is 6.35. The molecule has 28 heavy (non-hydrogen) atoms. The van der Waals surface area contributed by atoms with Crippen LogP contribution in [-0.4, -0.2) is 37.5 Å². The molecule has 1 fully saturated rings. The van der Waals surface area contributed by atoms with Crippen LogP contribution in [0.3, 0.4) is 0 Å². The fourth-order valence-electron chi connectivity index (χ4n) is 2.86. The SMILES string of the molecule is O=C1CCC(c2ccc(OCCc3ccc(OC[C@@H]4CO4)cc3)c(Cl)c2)=NN1. The fraction of sp³-hybridized carbons (Fsp3) is 0.333.